The van der Waals surface area contributed by atoms with Crippen LogP contribution in [0.25, 0.3) is 6.08 Å². The molecule has 1 N–H and O–H groups in total. The largest absolute Gasteiger partial charge is 0.367 e. The van der Waals surface area contributed by atoms with Crippen molar-refractivity contribution in [1.29, 1.82) is 0 Å². The van der Waals surface area contributed by atoms with Crippen LogP contribution in [0, 0.1) is 3.57 Å². The SMILES string of the molecule is O=C1SC(=Cc2ccccc2Cl)C(=O)N1CNc1ccc(I)cc1. The molecule has 2 aromatic carbocycles. The smallest absolute Gasteiger partial charge is 0.295 e. The van der Waals surface area contributed by atoms with Crippen LogP contribution in [0.5, 0.6) is 0 Å². The Balaban J connectivity index is 1.72. The summed E-state index contributed by atoms with van der Waals surface area (Å²) in [6.45, 7) is 0.130. The minimum absolute atomic E-state index is 0.130. The molecule has 1 saturated heterocycles. The summed E-state index contributed by atoms with van der Waals surface area (Å²) in [5, 5.41) is 3.33. The number of halogens is 2. The van der Waals surface area contributed by atoms with Gasteiger partial charge in [0.25, 0.3) is 11.1 Å². The van der Waals surface area contributed by atoms with Gasteiger partial charge in [-0.25, -0.2) is 0 Å². The third-order valence-corrected chi connectivity index (χ3v) is 5.32. The molecule has 1 fully saturated rings. The Kier molecular flexibility index (Phi) is 5.47. The molecule has 0 saturated carbocycles. The maximum atomic E-state index is 12.4. The predicted octanol–water partition coefficient (Wildman–Crippen LogP) is 5.05. The van der Waals surface area contributed by atoms with Crippen molar-refractivity contribution in [1.82, 2.24) is 4.90 Å². The molecule has 0 bridgehead atoms. The van der Waals surface area contributed by atoms with Crippen molar-refractivity contribution in [2.24, 2.45) is 0 Å². The van der Waals surface area contributed by atoms with Gasteiger partial charge in [-0.05, 0) is 76.3 Å². The Labute approximate surface area is 162 Å². The average molecular weight is 471 g/mol. The monoisotopic (exact) mass is 470 g/mol. The Bertz CT molecular complexity index is 824. The molecule has 7 heteroatoms. The third kappa shape index (κ3) is 3.93. The zero-order valence-electron chi connectivity index (χ0n) is 12.3. The van der Waals surface area contributed by atoms with Gasteiger partial charge in [0.05, 0.1) is 11.6 Å². The van der Waals surface area contributed by atoms with Crippen LogP contribution < -0.4 is 5.32 Å². The van der Waals surface area contributed by atoms with Gasteiger partial charge in [0.2, 0.25) is 0 Å². The first-order chi connectivity index (χ1) is 11.5. The van der Waals surface area contributed by atoms with Crippen LogP contribution in [0.15, 0.2) is 53.4 Å². The van der Waals surface area contributed by atoms with Crippen molar-refractivity contribution in [2.75, 3.05) is 12.0 Å². The Morgan fingerprint density at radius 1 is 1.12 bits per heavy atom. The van der Waals surface area contributed by atoms with E-state index in [-0.39, 0.29) is 17.8 Å². The number of amides is 2. The molecule has 0 aliphatic carbocycles. The van der Waals surface area contributed by atoms with E-state index in [0.29, 0.717) is 9.93 Å². The summed E-state index contributed by atoms with van der Waals surface area (Å²) in [6.07, 6.45) is 1.65. The summed E-state index contributed by atoms with van der Waals surface area (Å²) >= 11 is 9.24. The second kappa shape index (κ2) is 7.58. The zero-order valence-corrected chi connectivity index (χ0v) is 16.1. The topological polar surface area (TPSA) is 49.4 Å². The van der Waals surface area contributed by atoms with E-state index in [1.54, 1.807) is 18.2 Å². The van der Waals surface area contributed by atoms with Gasteiger partial charge < -0.3 is 5.32 Å². The molecule has 2 amide bonds. The number of carbonyl (C=O) groups excluding carboxylic acids is 2. The summed E-state index contributed by atoms with van der Waals surface area (Å²) in [4.78, 5) is 26.1. The molecule has 0 atom stereocenters. The molecule has 1 aliphatic heterocycles. The molecule has 0 unspecified atom stereocenters. The second-order valence-corrected chi connectivity index (χ2v) is 7.62. The third-order valence-electron chi connectivity index (χ3n) is 3.35. The average Bonchev–Trinajstić information content (AvgIpc) is 2.83. The summed E-state index contributed by atoms with van der Waals surface area (Å²) < 4.78 is 1.12. The van der Waals surface area contributed by atoms with E-state index in [2.05, 4.69) is 27.9 Å². The number of imide groups is 1. The van der Waals surface area contributed by atoms with E-state index >= 15 is 0 Å². The molecule has 1 aliphatic rings. The van der Waals surface area contributed by atoms with Gasteiger partial charge in [-0.15, -0.1) is 0 Å². The van der Waals surface area contributed by atoms with E-state index in [1.807, 2.05) is 36.4 Å². The first kappa shape index (κ1) is 17.3. The minimum atomic E-state index is -0.317. The quantitative estimate of drug-likeness (QED) is 0.502. The lowest BCUT2D eigenvalue weighted by atomic mass is 10.2. The van der Waals surface area contributed by atoms with Gasteiger partial charge in [0, 0.05) is 14.3 Å². The van der Waals surface area contributed by atoms with Crippen molar-refractivity contribution >= 4 is 68.9 Å². The maximum Gasteiger partial charge on any atom is 0.295 e. The Hall–Kier alpha value is -1.51. The van der Waals surface area contributed by atoms with Crippen molar-refractivity contribution in [3.63, 3.8) is 0 Å². The zero-order chi connectivity index (χ0) is 17.1. The number of hydrogen-bond acceptors (Lipinski definition) is 4. The highest BCUT2D eigenvalue weighted by Gasteiger charge is 2.34. The second-order valence-electron chi connectivity index (χ2n) is 4.97. The molecule has 2 aromatic rings. The molecular weight excluding hydrogens is 459 g/mol. The van der Waals surface area contributed by atoms with Crippen molar-refractivity contribution in [2.45, 2.75) is 0 Å². The number of thioether (sulfide) groups is 1. The lowest BCUT2D eigenvalue weighted by Gasteiger charge is -2.14. The molecule has 0 radical (unpaired) electrons. The van der Waals surface area contributed by atoms with Crippen LogP contribution >= 0.6 is 46.0 Å². The number of anilines is 1. The number of benzene rings is 2. The van der Waals surface area contributed by atoms with Crippen LogP contribution in [0.3, 0.4) is 0 Å². The van der Waals surface area contributed by atoms with Crippen LogP contribution in [-0.4, -0.2) is 22.7 Å². The fraction of sp³-hybridized carbons (Fsp3) is 0.0588. The molecule has 122 valence electrons. The fourth-order valence-electron chi connectivity index (χ4n) is 2.11. The standard InChI is InChI=1S/C17H12ClIN2O2S/c18-14-4-2-1-3-11(14)9-15-16(22)21(17(23)24-15)10-20-13-7-5-12(19)6-8-13/h1-9,20H,10H2. The molecule has 24 heavy (non-hydrogen) atoms. The van der Waals surface area contributed by atoms with E-state index in [9.17, 15) is 9.59 Å². The van der Waals surface area contributed by atoms with Crippen molar-refractivity contribution in [3.8, 4) is 0 Å². The summed E-state index contributed by atoms with van der Waals surface area (Å²) in [5.41, 5.74) is 1.57. The van der Waals surface area contributed by atoms with Crippen molar-refractivity contribution < 1.29 is 9.59 Å². The van der Waals surface area contributed by atoms with Gasteiger partial charge in [-0.3, -0.25) is 14.5 Å². The lowest BCUT2D eigenvalue weighted by molar-refractivity contribution is -0.122. The predicted molar refractivity (Wildman–Crippen MR) is 107 cm³/mol. The number of nitrogens with zero attached hydrogens (tertiary/aromatic N) is 1. The van der Waals surface area contributed by atoms with Crippen LogP contribution in [0.2, 0.25) is 5.02 Å². The molecule has 3 rings (SSSR count). The summed E-state index contributed by atoms with van der Waals surface area (Å²) in [6, 6.07) is 14.9. The van der Waals surface area contributed by atoms with E-state index < -0.39 is 0 Å². The lowest BCUT2D eigenvalue weighted by Crippen LogP contribution is -2.33. The highest BCUT2D eigenvalue weighted by molar-refractivity contribution is 14.1. The Morgan fingerprint density at radius 2 is 1.83 bits per heavy atom. The van der Waals surface area contributed by atoms with Gasteiger partial charge in [-0.2, -0.15) is 0 Å². The molecular formula is C17H12ClIN2O2S. The number of nitrogens with one attached hydrogen (secondary N) is 1. The van der Waals surface area contributed by atoms with Gasteiger partial charge in [0.15, 0.2) is 0 Å². The van der Waals surface area contributed by atoms with Gasteiger partial charge in [0.1, 0.15) is 0 Å². The van der Waals surface area contributed by atoms with Gasteiger partial charge >= 0.3 is 0 Å². The first-order valence-electron chi connectivity index (χ1n) is 7.04. The minimum Gasteiger partial charge on any atom is -0.367 e. The summed E-state index contributed by atoms with van der Waals surface area (Å²) in [5.74, 6) is -0.317. The number of hydrogen-bond donors (Lipinski definition) is 1. The Morgan fingerprint density at radius 3 is 2.54 bits per heavy atom. The first-order valence-corrected chi connectivity index (χ1v) is 9.31. The maximum absolute atomic E-state index is 12.4. The van der Waals surface area contributed by atoms with E-state index in [1.165, 1.54) is 4.90 Å². The van der Waals surface area contributed by atoms with Gasteiger partial charge in [-0.1, -0.05) is 29.8 Å². The van der Waals surface area contributed by atoms with Crippen LogP contribution in [0.4, 0.5) is 10.5 Å². The fourth-order valence-corrected chi connectivity index (χ4v) is 3.49. The van der Waals surface area contributed by atoms with E-state index in [0.717, 1.165) is 26.6 Å². The normalized spacial score (nSPS) is 16.1. The van der Waals surface area contributed by atoms with Crippen molar-refractivity contribution in [3.05, 3.63) is 67.6 Å². The highest BCUT2D eigenvalue weighted by atomic mass is 127. The molecule has 4 nitrogen and oxygen atoms in total. The number of rotatable bonds is 4. The number of carbonyl (C=O) groups is 2. The van der Waals surface area contributed by atoms with E-state index in [4.69, 9.17) is 11.6 Å². The molecule has 0 spiro atoms. The molecule has 0 aromatic heterocycles. The van der Waals surface area contributed by atoms with Crippen LogP contribution in [-0.2, 0) is 4.79 Å². The van der Waals surface area contributed by atoms with Crippen LogP contribution in [0.1, 0.15) is 5.56 Å². The summed E-state index contributed by atoms with van der Waals surface area (Å²) in [7, 11) is 0. The highest BCUT2D eigenvalue weighted by Crippen LogP contribution is 2.33. The molecule has 1 heterocycles.